The summed E-state index contributed by atoms with van der Waals surface area (Å²) < 4.78 is 3.02. The number of thiophene rings is 1. The maximum Gasteiger partial charge on any atom is 0.0951 e. The zero-order valence-electron chi connectivity index (χ0n) is 10.9. The van der Waals surface area contributed by atoms with Crippen LogP contribution in [0.5, 0.6) is 0 Å². The van der Waals surface area contributed by atoms with E-state index in [2.05, 4.69) is 41.7 Å². The fourth-order valence-electron chi connectivity index (χ4n) is 1.85. The highest BCUT2D eigenvalue weighted by Gasteiger charge is 2.10. The lowest BCUT2D eigenvalue weighted by Gasteiger charge is -2.15. The van der Waals surface area contributed by atoms with Crippen LogP contribution < -0.4 is 5.32 Å². The largest absolute Gasteiger partial charge is 0.331 e. The highest BCUT2D eigenvalue weighted by molar-refractivity contribution is 7.16. The second-order valence-corrected chi connectivity index (χ2v) is 6.38. The molecule has 3 nitrogen and oxygen atoms in total. The molecule has 0 saturated carbocycles. The molecular weight excluding hydrogens is 266 g/mol. The van der Waals surface area contributed by atoms with Crippen molar-refractivity contribution in [2.75, 3.05) is 0 Å². The quantitative estimate of drug-likeness (QED) is 0.898. The van der Waals surface area contributed by atoms with Crippen LogP contribution in [0.15, 0.2) is 24.7 Å². The van der Waals surface area contributed by atoms with Crippen molar-refractivity contribution >= 4 is 22.9 Å². The Morgan fingerprint density at radius 2 is 2.17 bits per heavy atom. The van der Waals surface area contributed by atoms with Crippen LogP contribution in [0.2, 0.25) is 4.34 Å². The van der Waals surface area contributed by atoms with Crippen molar-refractivity contribution in [1.29, 1.82) is 0 Å². The molecule has 2 heterocycles. The van der Waals surface area contributed by atoms with Crippen molar-refractivity contribution in [3.8, 4) is 0 Å². The minimum atomic E-state index is 0.304. The number of hydrogen-bond donors (Lipinski definition) is 1. The van der Waals surface area contributed by atoms with Gasteiger partial charge in [0.1, 0.15) is 0 Å². The van der Waals surface area contributed by atoms with Crippen LogP contribution in [0.1, 0.15) is 43.4 Å². The van der Waals surface area contributed by atoms with E-state index in [-0.39, 0.29) is 0 Å². The summed E-state index contributed by atoms with van der Waals surface area (Å²) in [6, 6.07) is 4.76. The Morgan fingerprint density at radius 3 is 2.78 bits per heavy atom. The van der Waals surface area contributed by atoms with Gasteiger partial charge in [0.05, 0.1) is 16.4 Å². The number of rotatable bonds is 5. The Balaban J connectivity index is 1.97. The molecule has 0 aliphatic rings. The van der Waals surface area contributed by atoms with Crippen molar-refractivity contribution in [1.82, 2.24) is 14.9 Å². The van der Waals surface area contributed by atoms with Crippen LogP contribution in [0, 0.1) is 0 Å². The molecule has 0 radical (unpaired) electrons. The summed E-state index contributed by atoms with van der Waals surface area (Å²) in [6.45, 7) is 7.29. The van der Waals surface area contributed by atoms with E-state index in [4.69, 9.17) is 11.6 Å². The molecule has 2 aromatic heterocycles. The van der Waals surface area contributed by atoms with Crippen molar-refractivity contribution in [2.24, 2.45) is 0 Å². The number of hydrogen-bond acceptors (Lipinski definition) is 3. The molecule has 1 atom stereocenters. The third-order valence-electron chi connectivity index (χ3n) is 2.91. The number of nitrogens with zero attached hydrogens (tertiary/aromatic N) is 2. The fourth-order valence-corrected chi connectivity index (χ4v) is 2.94. The molecule has 2 aromatic rings. The summed E-state index contributed by atoms with van der Waals surface area (Å²) in [5, 5.41) is 3.50. The number of halogens is 1. The first-order valence-electron chi connectivity index (χ1n) is 6.07. The van der Waals surface area contributed by atoms with E-state index >= 15 is 0 Å². The minimum Gasteiger partial charge on any atom is -0.331 e. The van der Waals surface area contributed by atoms with Crippen molar-refractivity contribution in [3.05, 3.63) is 39.6 Å². The molecule has 0 bridgehead atoms. The van der Waals surface area contributed by atoms with Crippen LogP contribution in [-0.2, 0) is 6.54 Å². The first-order chi connectivity index (χ1) is 8.58. The third-order valence-corrected chi connectivity index (χ3v) is 4.33. The summed E-state index contributed by atoms with van der Waals surface area (Å²) in [5.41, 5.74) is 1.21. The normalized spacial score (nSPS) is 13.2. The number of aromatic nitrogens is 2. The van der Waals surface area contributed by atoms with Gasteiger partial charge in [0.2, 0.25) is 0 Å². The molecular formula is C13H18ClN3S. The van der Waals surface area contributed by atoms with Gasteiger partial charge in [-0.3, -0.25) is 0 Å². The van der Waals surface area contributed by atoms with Gasteiger partial charge in [0.25, 0.3) is 0 Å². The van der Waals surface area contributed by atoms with Gasteiger partial charge in [0.15, 0.2) is 0 Å². The molecule has 0 aliphatic carbocycles. The molecule has 5 heteroatoms. The topological polar surface area (TPSA) is 29.9 Å². The number of nitrogens with one attached hydrogen (secondary N) is 1. The van der Waals surface area contributed by atoms with Gasteiger partial charge in [-0.25, -0.2) is 4.98 Å². The van der Waals surface area contributed by atoms with Gasteiger partial charge in [0, 0.05) is 29.7 Å². The molecule has 1 N–H and O–H groups in total. The van der Waals surface area contributed by atoms with Gasteiger partial charge in [-0.2, -0.15) is 0 Å². The van der Waals surface area contributed by atoms with Crippen LogP contribution >= 0.6 is 22.9 Å². The highest BCUT2D eigenvalue weighted by atomic mass is 35.5. The van der Waals surface area contributed by atoms with Crippen LogP contribution in [-0.4, -0.2) is 9.55 Å². The molecule has 0 aromatic carbocycles. The first kappa shape index (κ1) is 13.6. The lowest BCUT2D eigenvalue weighted by Crippen LogP contribution is -2.19. The Hall–Kier alpha value is -0.840. The van der Waals surface area contributed by atoms with Crippen molar-refractivity contribution in [3.63, 3.8) is 0 Å². The summed E-state index contributed by atoms with van der Waals surface area (Å²) in [6.07, 6.45) is 3.80. The van der Waals surface area contributed by atoms with Crippen LogP contribution in [0.25, 0.3) is 0 Å². The SMILES string of the molecule is CC(NCc1cncn1C(C)C)c1ccc(Cl)s1. The number of imidazole rings is 1. The maximum absolute atomic E-state index is 5.95. The van der Waals surface area contributed by atoms with Gasteiger partial charge >= 0.3 is 0 Å². The van der Waals surface area contributed by atoms with E-state index in [1.54, 1.807) is 11.3 Å². The van der Waals surface area contributed by atoms with Crippen molar-refractivity contribution < 1.29 is 0 Å². The zero-order valence-corrected chi connectivity index (χ0v) is 12.4. The molecule has 0 aliphatic heterocycles. The Labute approximate surface area is 117 Å². The molecule has 0 fully saturated rings. The standard InChI is InChI=1S/C13H18ClN3S/c1-9(2)17-8-15-6-11(17)7-16-10(3)12-4-5-13(14)18-12/h4-6,8-10,16H,7H2,1-3H3. The predicted octanol–water partition coefficient (Wildman–Crippen LogP) is 4.03. The van der Waals surface area contributed by atoms with E-state index in [1.807, 2.05) is 18.6 Å². The molecule has 1 unspecified atom stereocenters. The molecule has 18 heavy (non-hydrogen) atoms. The van der Waals surface area contributed by atoms with Gasteiger partial charge in [-0.05, 0) is 32.9 Å². The van der Waals surface area contributed by atoms with E-state index in [1.165, 1.54) is 10.6 Å². The molecule has 0 saturated heterocycles. The Kier molecular flexibility index (Phi) is 4.43. The van der Waals surface area contributed by atoms with Crippen molar-refractivity contribution in [2.45, 2.75) is 39.4 Å². The zero-order chi connectivity index (χ0) is 13.1. The Morgan fingerprint density at radius 1 is 1.39 bits per heavy atom. The molecule has 2 rings (SSSR count). The summed E-state index contributed by atoms with van der Waals surface area (Å²) >= 11 is 7.57. The molecule has 0 spiro atoms. The average Bonchev–Trinajstić information content (AvgIpc) is 2.94. The van der Waals surface area contributed by atoms with Gasteiger partial charge in [-0.1, -0.05) is 11.6 Å². The lowest BCUT2D eigenvalue weighted by atomic mass is 10.2. The second kappa shape index (κ2) is 5.87. The third kappa shape index (κ3) is 3.13. The monoisotopic (exact) mass is 283 g/mol. The van der Waals surface area contributed by atoms with Crippen LogP contribution in [0.3, 0.4) is 0 Å². The minimum absolute atomic E-state index is 0.304. The predicted molar refractivity (Wildman–Crippen MR) is 77.2 cm³/mol. The van der Waals surface area contributed by atoms with Gasteiger partial charge in [-0.15, -0.1) is 11.3 Å². The highest BCUT2D eigenvalue weighted by Crippen LogP contribution is 2.26. The van der Waals surface area contributed by atoms with E-state index in [9.17, 15) is 0 Å². The fraction of sp³-hybridized carbons (Fsp3) is 0.462. The van der Waals surface area contributed by atoms with E-state index < -0.39 is 0 Å². The second-order valence-electron chi connectivity index (χ2n) is 4.63. The smallest absolute Gasteiger partial charge is 0.0951 e. The van der Waals surface area contributed by atoms with Gasteiger partial charge < -0.3 is 9.88 Å². The average molecular weight is 284 g/mol. The Bertz CT molecular complexity index is 504. The summed E-state index contributed by atoms with van der Waals surface area (Å²) in [4.78, 5) is 5.46. The first-order valence-corrected chi connectivity index (χ1v) is 7.26. The van der Waals surface area contributed by atoms with Crippen LogP contribution in [0.4, 0.5) is 0 Å². The summed E-state index contributed by atoms with van der Waals surface area (Å²) in [7, 11) is 0. The summed E-state index contributed by atoms with van der Waals surface area (Å²) in [5.74, 6) is 0. The molecule has 98 valence electrons. The van der Waals surface area contributed by atoms with E-state index in [0.29, 0.717) is 12.1 Å². The maximum atomic E-state index is 5.95. The molecule has 0 amide bonds. The lowest BCUT2D eigenvalue weighted by molar-refractivity contribution is 0.522. The van der Waals surface area contributed by atoms with E-state index in [0.717, 1.165) is 10.9 Å².